The summed E-state index contributed by atoms with van der Waals surface area (Å²) in [6.07, 6.45) is 0. The monoisotopic (exact) mass is 160 g/mol. The lowest BCUT2D eigenvalue weighted by molar-refractivity contribution is 0.131. The Labute approximate surface area is 73.0 Å². The van der Waals surface area contributed by atoms with Gasteiger partial charge in [0.15, 0.2) is 0 Å². The molecule has 0 spiro atoms. The van der Waals surface area contributed by atoms with Crippen LogP contribution in [0.2, 0.25) is 0 Å². The van der Waals surface area contributed by atoms with Gasteiger partial charge in [-0.1, -0.05) is 6.07 Å². The largest absolute Gasteiger partial charge is 0.426 e. The zero-order valence-electron chi connectivity index (χ0n) is 7.29. The van der Waals surface area contributed by atoms with E-state index in [0.29, 0.717) is 0 Å². The molecule has 0 bridgehead atoms. The fourth-order valence-corrected chi connectivity index (χ4v) is 1.50. The predicted octanol–water partition coefficient (Wildman–Crippen LogP) is 0.779. The molecule has 1 aliphatic heterocycles. The molecule has 0 unspecified atom stereocenters. The minimum atomic E-state index is -0.191. The van der Waals surface area contributed by atoms with Gasteiger partial charge in [0.1, 0.15) is 0 Å². The third kappa shape index (κ3) is 1.01. The number of hydrogen-bond acceptors (Lipinski definition) is 2. The first kappa shape index (κ1) is 7.68. The zero-order valence-corrected chi connectivity index (χ0v) is 7.29. The summed E-state index contributed by atoms with van der Waals surface area (Å²) in [7, 11) is 1.77. The molecule has 3 heteroatoms. The third-order valence-corrected chi connectivity index (χ3v) is 2.20. The van der Waals surface area contributed by atoms with E-state index in [1.54, 1.807) is 7.48 Å². The van der Waals surface area contributed by atoms with Crippen LogP contribution in [0.25, 0.3) is 0 Å². The second kappa shape index (κ2) is 2.27. The van der Waals surface area contributed by atoms with Crippen molar-refractivity contribution in [2.45, 2.75) is 19.4 Å². The second-order valence-corrected chi connectivity index (χ2v) is 3.59. The fourth-order valence-electron chi connectivity index (χ4n) is 1.50. The third-order valence-electron chi connectivity index (χ3n) is 2.20. The molecule has 61 valence electrons. The lowest BCUT2D eigenvalue weighted by atomic mass is 9.84. The Hall–Kier alpha value is -0.955. The molecule has 1 radical (unpaired) electrons. The van der Waals surface area contributed by atoms with Crippen LogP contribution in [0.1, 0.15) is 19.4 Å². The van der Waals surface area contributed by atoms with Crippen molar-refractivity contribution in [1.29, 1.82) is 0 Å². The van der Waals surface area contributed by atoms with Crippen molar-refractivity contribution < 1.29 is 4.65 Å². The van der Waals surface area contributed by atoms with Gasteiger partial charge in [0, 0.05) is 5.69 Å². The highest BCUT2D eigenvalue weighted by Gasteiger charge is 2.31. The second-order valence-electron chi connectivity index (χ2n) is 3.59. The molecular formula is C9H11BNO. The summed E-state index contributed by atoms with van der Waals surface area (Å²) in [5.74, 6) is 0. The lowest BCUT2D eigenvalue weighted by Crippen LogP contribution is -2.16. The Balaban J connectivity index is 2.55. The molecule has 12 heavy (non-hydrogen) atoms. The summed E-state index contributed by atoms with van der Waals surface area (Å²) in [4.78, 5) is 0. The van der Waals surface area contributed by atoms with Crippen LogP contribution in [0.3, 0.4) is 0 Å². The Morgan fingerprint density at radius 2 is 2.17 bits per heavy atom. The van der Waals surface area contributed by atoms with E-state index in [-0.39, 0.29) is 5.60 Å². The van der Waals surface area contributed by atoms with Gasteiger partial charge in [0.2, 0.25) is 0 Å². The molecule has 2 N–H and O–H groups in total. The van der Waals surface area contributed by atoms with Gasteiger partial charge in [0.25, 0.3) is 0 Å². The minimum Gasteiger partial charge on any atom is -0.426 e. The van der Waals surface area contributed by atoms with E-state index in [1.165, 1.54) is 5.56 Å². The first-order chi connectivity index (χ1) is 5.59. The van der Waals surface area contributed by atoms with Crippen molar-refractivity contribution in [3.63, 3.8) is 0 Å². The smallest absolute Gasteiger partial charge is 0.331 e. The van der Waals surface area contributed by atoms with Gasteiger partial charge < -0.3 is 10.4 Å². The van der Waals surface area contributed by atoms with E-state index in [4.69, 9.17) is 10.4 Å². The van der Waals surface area contributed by atoms with Crippen LogP contribution in [0.15, 0.2) is 18.2 Å². The molecule has 0 fully saturated rings. The molecule has 1 aliphatic rings. The van der Waals surface area contributed by atoms with Crippen molar-refractivity contribution in [2.75, 3.05) is 5.73 Å². The molecular weight excluding hydrogens is 149 g/mol. The van der Waals surface area contributed by atoms with E-state index in [1.807, 2.05) is 32.0 Å². The fraction of sp³-hybridized carbons (Fsp3) is 0.333. The summed E-state index contributed by atoms with van der Waals surface area (Å²) in [5.41, 5.74) is 8.54. The topological polar surface area (TPSA) is 35.2 Å². The molecule has 1 aromatic carbocycles. The zero-order chi connectivity index (χ0) is 8.77. The molecule has 0 atom stereocenters. The number of anilines is 1. The molecule has 0 amide bonds. The molecule has 0 saturated heterocycles. The van der Waals surface area contributed by atoms with Crippen LogP contribution in [-0.2, 0) is 10.3 Å². The molecule has 2 nitrogen and oxygen atoms in total. The maximum Gasteiger partial charge on any atom is 0.331 e. The van der Waals surface area contributed by atoms with E-state index >= 15 is 0 Å². The predicted molar refractivity (Wildman–Crippen MR) is 50.4 cm³/mol. The maximum atomic E-state index is 5.64. The first-order valence-electron chi connectivity index (χ1n) is 4.01. The van der Waals surface area contributed by atoms with Crippen LogP contribution in [0, 0.1) is 0 Å². The minimum absolute atomic E-state index is 0.191. The summed E-state index contributed by atoms with van der Waals surface area (Å²) in [6.45, 7) is 4.09. The summed E-state index contributed by atoms with van der Waals surface area (Å²) in [5, 5.41) is 0. The van der Waals surface area contributed by atoms with Crippen molar-refractivity contribution in [3.05, 3.63) is 23.8 Å². The molecule has 1 aromatic rings. The lowest BCUT2D eigenvalue weighted by Gasteiger charge is -2.19. The highest BCUT2D eigenvalue weighted by atomic mass is 16.5. The molecule has 2 rings (SSSR count). The van der Waals surface area contributed by atoms with Gasteiger partial charge >= 0.3 is 7.48 Å². The van der Waals surface area contributed by atoms with Crippen molar-refractivity contribution >= 4 is 18.6 Å². The Bertz CT molecular complexity index is 322. The Morgan fingerprint density at radius 1 is 1.42 bits per heavy atom. The van der Waals surface area contributed by atoms with Crippen molar-refractivity contribution in [1.82, 2.24) is 0 Å². The SMILES string of the molecule is CC1(C)O[B]c2cc(N)ccc21. The van der Waals surface area contributed by atoms with E-state index in [2.05, 4.69) is 0 Å². The van der Waals surface area contributed by atoms with Crippen LogP contribution in [-0.4, -0.2) is 7.48 Å². The molecule has 1 heterocycles. The quantitative estimate of drug-likeness (QED) is 0.449. The van der Waals surface area contributed by atoms with E-state index < -0.39 is 0 Å². The van der Waals surface area contributed by atoms with Gasteiger partial charge in [-0.25, -0.2) is 0 Å². The summed E-state index contributed by atoms with van der Waals surface area (Å²) >= 11 is 0. The number of rotatable bonds is 0. The number of nitrogen functional groups attached to an aromatic ring is 1. The van der Waals surface area contributed by atoms with Gasteiger partial charge in [-0.3, -0.25) is 0 Å². The standard InChI is InChI=1S/C9H11BNO/c1-9(2)7-4-3-6(11)5-8(7)10-12-9/h3-5H,11H2,1-2H3. The van der Waals surface area contributed by atoms with Crippen LogP contribution in [0.5, 0.6) is 0 Å². The highest BCUT2D eigenvalue weighted by Crippen LogP contribution is 2.27. The van der Waals surface area contributed by atoms with Gasteiger partial charge in [-0.2, -0.15) is 0 Å². The average Bonchev–Trinajstić information content (AvgIpc) is 2.27. The normalized spacial score (nSPS) is 18.5. The number of benzene rings is 1. The number of fused-ring (bicyclic) bond motifs is 1. The van der Waals surface area contributed by atoms with E-state index in [9.17, 15) is 0 Å². The van der Waals surface area contributed by atoms with Crippen molar-refractivity contribution in [2.24, 2.45) is 0 Å². The molecule has 0 aromatic heterocycles. The number of hydrogen-bond donors (Lipinski definition) is 1. The van der Waals surface area contributed by atoms with Gasteiger partial charge in [0.05, 0.1) is 5.60 Å². The Kier molecular flexibility index (Phi) is 1.45. The first-order valence-corrected chi connectivity index (χ1v) is 4.01. The summed E-state index contributed by atoms with van der Waals surface area (Å²) < 4.78 is 5.49. The summed E-state index contributed by atoms with van der Waals surface area (Å²) in [6, 6.07) is 5.86. The van der Waals surface area contributed by atoms with Crippen molar-refractivity contribution in [3.8, 4) is 0 Å². The van der Waals surface area contributed by atoms with E-state index in [0.717, 1.165) is 11.2 Å². The van der Waals surface area contributed by atoms with Crippen LogP contribution < -0.4 is 11.2 Å². The Morgan fingerprint density at radius 3 is 2.92 bits per heavy atom. The highest BCUT2D eigenvalue weighted by molar-refractivity contribution is 6.49. The number of nitrogens with two attached hydrogens (primary N) is 1. The van der Waals surface area contributed by atoms with Gasteiger partial charge in [-0.05, 0) is 37.0 Å². The molecule has 0 saturated carbocycles. The van der Waals surface area contributed by atoms with Crippen LogP contribution in [0.4, 0.5) is 5.69 Å². The maximum absolute atomic E-state index is 5.64. The van der Waals surface area contributed by atoms with Crippen LogP contribution >= 0.6 is 0 Å². The average molecular weight is 160 g/mol. The molecule has 0 aliphatic carbocycles. The van der Waals surface area contributed by atoms with Gasteiger partial charge in [-0.15, -0.1) is 0 Å².